The van der Waals surface area contributed by atoms with E-state index < -0.39 is 0 Å². The molecule has 2 atom stereocenters. The Morgan fingerprint density at radius 1 is 1.25 bits per heavy atom. The van der Waals surface area contributed by atoms with Crippen molar-refractivity contribution in [1.82, 2.24) is 19.9 Å². The number of hydrogen-bond donors (Lipinski definition) is 3. The van der Waals surface area contributed by atoms with Crippen LogP contribution < -0.4 is 26.4 Å². The van der Waals surface area contributed by atoms with E-state index in [1.165, 1.54) is 18.0 Å². The number of nitrogens with two attached hydrogens (primary N) is 2. The fraction of sp³-hybridized carbons (Fsp3) is 0.524. The zero-order valence-corrected chi connectivity index (χ0v) is 19.1. The molecule has 2 aliphatic rings. The van der Waals surface area contributed by atoms with Crippen LogP contribution in [0.2, 0.25) is 0 Å². The zero-order chi connectivity index (χ0) is 22.5. The van der Waals surface area contributed by atoms with Gasteiger partial charge in [-0.2, -0.15) is 0 Å². The van der Waals surface area contributed by atoms with Crippen molar-refractivity contribution in [1.29, 1.82) is 0 Å². The minimum atomic E-state index is -0.315. The lowest BCUT2D eigenvalue weighted by atomic mass is 10.2. The maximum Gasteiger partial charge on any atom is 0.239 e. The van der Waals surface area contributed by atoms with E-state index in [2.05, 4.69) is 32.1 Å². The van der Waals surface area contributed by atoms with E-state index in [0.717, 1.165) is 61.9 Å². The molecule has 1 aliphatic carbocycles. The number of anilines is 2. The average Bonchev–Trinajstić information content (AvgIpc) is 3.19. The van der Waals surface area contributed by atoms with Gasteiger partial charge in [0.2, 0.25) is 5.91 Å². The highest BCUT2D eigenvalue weighted by Gasteiger charge is 2.26. The van der Waals surface area contributed by atoms with Gasteiger partial charge in [-0.25, -0.2) is 9.97 Å². The van der Waals surface area contributed by atoms with Gasteiger partial charge >= 0.3 is 0 Å². The summed E-state index contributed by atoms with van der Waals surface area (Å²) in [6, 6.07) is 2.21. The fourth-order valence-electron chi connectivity index (χ4n) is 3.85. The number of rotatable bonds is 7. The zero-order valence-electron chi connectivity index (χ0n) is 18.2. The van der Waals surface area contributed by atoms with E-state index >= 15 is 0 Å². The largest absolute Gasteiger partial charge is 0.486 e. The van der Waals surface area contributed by atoms with E-state index in [4.69, 9.17) is 21.2 Å². The molecule has 0 bridgehead atoms. The molecule has 2 unspecified atom stereocenters. The van der Waals surface area contributed by atoms with Gasteiger partial charge in [-0.1, -0.05) is 11.8 Å². The molecule has 2 aromatic heterocycles. The van der Waals surface area contributed by atoms with Crippen LogP contribution in [0.4, 0.5) is 11.6 Å². The molecule has 1 saturated heterocycles. The Labute approximate surface area is 192 Å². The molecule has 3 heterocycles. The van der Waals surface area contributed by atoms with Crippen LogP contribution in [0.25, 0.3) is 0 Å². The average molecular weight is 459 g/mol. The van der Waals surface area contributed by atoms with Gasteiger partial charge in [-0.05, 0) is 32.4 Å². The van der Waals surface area contributed by atoms with Crippen molar-refractivity contribution in [2.24, 2.45) is 11.5 Å². The number of carbonyl (C=O) groups excluding carboxylic acids is 1. The molecule has 1 aliphatic heterocycles. The summed E-state index contributed by atoms with van der Waals surface area (Å²) in [5, 5.41) is 3.27. The molecule has 32 heavy (non-hydrogen) atoms. The van der Waals surface area contributed by atoms with Gasteiger partial charge < -0.3 is 31.3 Å². The lowest BCUT2D eigenvalue weighted by Crippen LogP contribution is -2.45. The fourth-order valence-corrected chi connectivity index (χ4v) is 4.62. The molecule has 10 nitrogen and oxygen atoms in total. The van der Waals surface area contributed by atoms with Crippen molar-refractivity contribution in [3.8, 4) is 5.75 Å². The summed E-state index contributed by atoms with van der Waals surface area (Å²) in [5.41, 5.74) is 11.5. The summed E-state index contributed by atoms with van der Waals surface area (Å²) in [5.74, 6) is 1.70. The smallest absolute Gasteiger partial charge is 0.239 e. The Balaban J connectivity index is 1.54. The van der Waals surface area contributed by atoms with Crippen LogP contribution in [0, 0.1) is 0 Å². The number of carbonyl (C=O) groups is 1. The van der Waals surface area contributed by atoms with Gasteiger partial charge in [0.1, 0.15) is 11.1 Å². The first-order valence-electron chi connectivity index (χ1n) is 10.9. The summed E-state index contributed by atoms with van der Waals surface area (Å²) >= 11 is 1.41. The van der Waals surface area contributed by atoms with E-state index in [1.54, 1.807) is 6.20 Å². The van der Waals surface area contributed by atoms with Crippen LogP contribution in [-0.4, -0.2) is 77.7 Å². The van der Waals surface area contributed by atoms with Gasteiger partial charge in [0.25, 0.3) is 0 Å². The maximum atomic E-state index is 11.5. The molecular formula is C21H30N8O2S. The second-order valence-electron chi connectivity index (χ2n) is 8.19. The number of likely N-dealkylation sites (N-methyl/N-ethyl adjacent to an activating group) is 1. The van der Waals surface area contributed by atoms with Crippen LogP contribution in [0.15, 0.2) is 34.6 Å². The van der Waals surface area contributed by atoms with Gasteiger partial charge in [0.15, 0.2) is 17.4 Å². The van der Waals surface area contributed by atoms with Crippen molar-refractivity contribution in [2.75, 3.05) is 50.0 Å². The van der Waals surface area contributed by atoms with E-state index in [0.29, 0.717) is 10.8 Å². The van der Waals surface area contributed by atoms with Crippen LogP contribution >= 0.6 is 11.8 Å². The van der Waals surface area contributed by atoms with E-state index in [9.17, 15) is 4.79 Å². The first kappa shape index (κ1) is 22.7. The SMILES string of the molecule is CN1CCN(c2ncc(Sc3cncc(NC(=O)CN)n3)cc2OC2CCC(N)C2)CC1. The maximum absolute atomic E-state index is 11.5. The number of nitrogens with one attached hydrogen (secondary N) is 1. The normalized spacial score (nSPS) is 21.5. The molecule has 0 radical (unpaired) electrons. The van der Waals surface area contributed by atoms with Crippen LogP contribution in [0.3, 0.4) is 0 Å². The highest BCUT2D eigenvalue weighted by Crippen LogP contribution is 2.36. The third kappa shape index (κ3) is 5.85. The van der Waals surface area contributed by atoms with Crippen molar-refractivity contribution < 1.29 is 9.53 Å². The van der Waals surface area contributed by atoms with Gasteiger partial charge in [-0.15, -0.1) is 0 Å². The molecule has 2 fully saturated rings. The van der Waals surface area contributed by atoms with Gasteiger partial charge in [0, 0.05) is 43.3 Å². The molecular weight excluding hydrogens is 428 g/mol. The Morgan fingerprint density at radius 3 is 2.78 bits per heavy atom. The number of aromatic nitrogens is 3. The van der Waals surface area contributed by atoms with E-state index in [1.807, 2.05) is 12.3 Å². The highest BCUT2D eigenvalue weighted by molar-refractivity contribution is 7.99. The number of piperazine rings is 1. The number of hydrogen-bond acceptors (Lipinski definition) is 10. The lowest BCUT2D eigenvalue weighted by Gasteiger charge is -2.34. The standard InChI is InChI=1S/C21H30N8O2S/c1-28-4-6-29(7-5-28)21-17(31-15-3-2-14(23)8-15)9-16(11-25-21)32-20-13-24-12-18(27-20)26-19(30)10-22/h9,11-15H,2-8,10,22-23H2,1H3,(H,26,27,30). The van der Waals surface area contributed by atoms with Crippen LogP contribution in [0.5, 0.6) is 5.75 Å². The van der Waals surface area contributed by atoms with Crippen LogP contribution in [-0.2, 0) is 4.79 Å². The predicted molar refractivity (Wildman–Crippen MR) is 124 cm³/mol. The van der Waals surface area contributed by atoms with Gasteiger partial charge in [-0.3, -0.25) is 9.78 Å². The molecule has 0 aromatic carbocycles. The van der Waals surface area contributed by atoms with Crippen molar-refractivity contribution in [3.63, 3.8) is 0 Å². The number of amides is 1. The molecule has 2 aromatic rings. The molecule has 172 valence electrons. The second kappa shape index (κ2) is 10.4. The lowest BCUT2D eigenvalue weighted by molar-refractivity contribution is -0.114. The summed E-state index contributed by atoms with van der Waals surface area (Å²) in [4.78, 5) is 30.4. The van der Waals surface area contributed by atoms with Gasteiger partial charge in [0.05, 0.1) is 18.9 Å². The Bertz CT molecular complexity index is 938. The third-order valence-corrected chi connectivity index (χ3v) is 6.48. The first-order chi connectivity index (χ1) is 15.5. The summed E-state index contributed by atoms with van der Waals surface area (Å²) in [6.45, 7) is 3.68. The Kier molecular flexibility index (Phi) is 7.40. The Morgan fingerprint density at radius 2 is 2.06 bits per heavy atom. The molecule has 5 N–H and O–H groups in total. The predicted octanol–water partition coefficient (Wildman–Crippen LogP) is 0.930. The third-order valence-electron chi connectivity index (χ3n) is 5.62. The quantitative estimate of drug-likeness (QED) is 0.550. The number of pyridine rings is 1. The van der Waals surface area contributed by atoms with Crippen molar-refractivity contribution >= 4 is 29.3 Å². The monoisotopic (exact) mass is 458 g/mol. The molecule has 4 rings (SSSR count). The van der Waals surface area contributed by atoms with Crippen molar-refractivity contribution in [3.05, 3.63) is 24.7 Å². The summed E-state index contributed by atoms with van der Waals surface area (Å²) in [7, 11) is 2.13. The molecule has 0 spiro atoms. The second-order valence-corrected chi connectivity index (χ2v) is 9.29. The minimum absolute atomic E-state index is 0.104. The van der Waals surface area contributed by atoms with Crippen molar-refractivity contribution in [2.45, 2.75) is 41.3 Å². The molecule has 11 heteroatoms. The molecule has 1 saturated carbocycles. The van der Waals surface area contributed by atoms with E-state index in [-0.39, 0.29) is 24.6 Å². The first-order valence-corrected chi connectivity index (χ1v) is 11.7. The topological polar surface area (TPSA) is 136 Å². The minimum Gasteiger partial charge on any atom is -0.486 e. The van der Waals surface area contributed by atoms with Crippen LogP contribution in [0.1, 0.15) is 19.3 Å². The number of nitrogens with zero attached hydrogens (tertiary/aromatic N) is 5. The molecule has 1 amide bonds. The number of ether oxygens (including phenoxy) is 1. The highest BCUT2D eigenvalue weighted by atomic mass is 32.2. The Hall–Kier alpha value is -2.47. The summed E-state index contributed by atoms with van der Waals surface area (Å²) in [6.07, 6.45) is 7.86. The summed E-state index contributed by atoms with van der Waals surface area (Å²) < 4.78 is 6.41.